The number of hydrogen-bond donors (Lipinski definition) is 2. The molecule has 1 aliphatic carbocycles. The number of aliphatic hydroxyl groups excluding tert-OH is 2. The molecule has 0 aromatic heterocycles. The van der Waals surface area contributed by atoms with E-state index in [9.17, 15) is 5.11 Å². The van der Waals surface area contributed by atoms with Crippen LogP contribution in [-0.2, 0) is 0 Å². The summed E-state index contributed by atoms with van der Waals surface area (Å²) in [5, 5.41) is 18.5. The molecule has 0 saturated heterocycles. The van der Waals surface area contributed by atoms with Crippen LogP contribution in [0.25, 0.3) is 0 Å². The van der Waals surface area contributed by atoms with Gasteiger partial charge in [-0.2, -0.15) is 0 Å². The molecule has 0 spiro atoms. The van der Waals surface area contributed by atoms with Crippen LogP contribution in [0.4, 0.5) is 0 Å². The van der Waals surface area contributed by atoms with Crippen molar-refractivity contribution in [3.05, 3.63) is 0 Å². The Bertz CT molecular complexity index is 154. The molecule has 1 saturated carbocycles. The van der Waals surface area contributed by atoms with Gasteiger partial charge >= 0.3 is 0 Å². The molecule has 0 heterocycles. The lowest BCUT2D eigenvalue weighted by Crippen LogP contribution is -2.26. The molecule has 1 aliphatic rings. The fourth-order valence-electron chi connectivity index (χ4n) is 2.31. The summed E-state index contributed by atoms with van der Waals surface area (Å²) in [6, 6.07) is 0. The summed E-state index contributed by atoms with van der Waals surface area (Å²) in [4.78, 5) is 0. The van der Waals surface area contributed by atoms with Crippen LogP contribution in [0.15, 0.2) is 0 Å². The summed E-state index contributed by atoms with van der Waals surface area (Å²) in [7, 11) is 0. The summed E-state index contributed by atoms with van der Waals surface area (Å²) in [5.41, 5.74) is 0.183. The van der Waals surface area contributed by atoms with Gasteiger partial charge in [-0.1, -0.05) is 20.8 Å². The maximum Gasteiger partial charge on any atom is 0.0573 e. The van der Waals surface area contributed by atoms with E-state index in [1.54, 1.807) is 0 Å². The molecule has 3 atom stereocenters. The van der Waals surface area contributed by atoms with Gasteiger partial charge in [-0.3, -0.25) is 0 Å². The van der Waals surface area contributed by atoms with E-state index >= 15 is 0 Å². The highest BCUT2D eigenvalue weighted by molar-refractivity contribution is 4.94. The predicted octanol–water partition coefficient (Wildman–Crippen LogP) is 1.41. The Balaban J connectivity index is 2.66. The molecule has 0 bridgehead atoms. The second kappa shape index (κ2) is 3.35. The van der Waals surface area contributed by atoms with Crippen LogP contribution >= 0.6 is 0 Å². The molecule has 72 valence electrons. The fourth-order valence-corrected chi connectivity index (χ4v) is 2.31. The zero-order chi connectivity index (χ0) is 9.35. The average molecular weight is 172 g/mol. The lowest BCUT2D eigenvalue weighted by Gasteiger charge is -2.30. The molecule has 2 nitrogen and oxygen atoms in total. The first-order valence-electron chi connectivity index (χ1n) is 4.79. The van der Waals surface area contributed by atoms with Gasteiger partial charge in [-0.15, -0.1) is 0 Å². The summed E-state index contributed by atoms with van der Waals surface area (Å²) in [6.07, 6.45) is 1.51. The average Bonchev–Trinajstić information content (AvgIpc) is 2.17. The van der Waals surface area contributed by atoms with Gasteiger partial charge in [-0.05, 0) is 30.1 Å². The van der Waals surface area contributed by atoms with Crippen LogP contribution < -0.4 is 0 Å². The summed E-state index contributed by atoms with van der Waals surface area (Å²) < 4.78 is 0. The van der Waals surface area contributed by atoms with Crippen molar-refractivity contribution in [3.63, 3.8) is 0 Å². The molecular weight excluding hydrogens is 152 g/mol. The summed E-state index contributed by atoms with van der Waals surface area (Å²) in [5.74, 6) is 0.835. The summed E-state index contributed by atoms with van der Waals surface area (Å²) in [6.45, 7) is 6.72. The Labute approximate surface area is 74.6 Å². The van der Waals surface area contributed by atoms with Crippen LogP contribution in [-0.4, -0.2) is 22.9 Å². The van der Waals surface area contributed by atoms with Gasteiger partial charge < -0.3 is 10.2 Å². The van der Waals surface area contributed by atoms with Crippen molar-refractivity contribution in [3.8, 4) is 0 Å². The van der Waals surface area contributed by atoms with Crippen LogP contribution in [0.5, 0.6) is 0 Å². The van der Waals surface area contributed by atoms with E-state index in [4.69, 9.17) is 5.11 Å². The van der Waals surface area contributed by atoms with Crippen molar-refractivity contribution in [2.75, 3.05) is 6.61 Å². The van der Waals surface area contributed by atoms with E-state index in [1.807, 2.05) is 0 Å². The number of rotatable bonds is 2. The minimum Gasteiger partial charge on any atom is -0.396 e. The van der Waals surface area contributed by atoms with Gasteiger partial charge in [0.05, 0.1) is 6.10 Å². The molecule has 12 heavy (non-hydrogen) atoms. The maximum absolute atomic E-state index is 9.65. The molecule has 2 N–H and O–H groups in total. The lowest BCUT2D eigenvalue weighted by atomic mass is 9.75. The molecule has 0 amide bonds. The van der Waals surface area contributed by atoms with Crippen molar-refractivity contribution in [2.24, 2.45) is 17.3 Å². The van der Waals surface area contributed by atoms with Crippen LogP contribution in [0.3, 0.4) is 0 Å². The van der Waals surface area contributed by atoms with Gasteiger partial charge in [-0.25, -0.2) is 0 Å². The Morgan fingerprint density at radius 1 is 1.42 bits per heavy atom. The third kappa shape index (κ3) is 1.50. The van der Waals surface area contributed by atoms with Gasteiger partial charge in [0.25, 0.3) is 0 Å². The summed E-state index contributed by atoms with van der Waals surface area (Å²) >= 11 is 0. The topological polar surface area (TPSA) is 40.5 Å². The smallest absolute Gasteiger partial charge is 0.0573 e. The van der Waals surface area contributed by atoms with E-state index in [0.717, 1.165) is 12.8 Å². The molecule has 0 aromatic carbocycles. The van der Waals surface area contributed by atoms with E-state index in [-0.39, 0.29) is 18.1 Å². The van der Waals surface area contributed by atoms with Crippen LogP contribution in [0, 0.1) is 17.3 Å². The van der Waals surface area contributed by atoms with Crippen molar-refractivity contribution in [2.45, 2.75) is 39.7 Å². The van der Waals surface area contributed by atoms with E-state index in [0.29, 0.717) is 11.8 Å². The van der Waals surface area contributed by atoms with Gasteiger partial charge in [0.2, 0.25) is 0 Å². The molecule has 1 fully saturated rings. The minimum absolute atomic E-state index is 0.170. The van der Waals surface area contributed by atoms with Crippen molar-refractivity contribution >= 4 is 0 Å². The van der Waals surface area contributed by atoms with Crippen LogP contribution in [0.2, 0.25) is 0 Å². The monoisotopic (exact) mass is 172 g/mol. The fraction of sp³-hybridized carbons (Fsp3) is 1.00. The molecule has 0 unspecified atom stereocenters. The maximum atomic E-state index is 9.65. The highest BCUT2D eigenvalue weighted by atomic mass is 16.3. The number of aliphatic hydroxyl groups is 2. The minimum atomic E-state index is -0.170. The predicted molar refractivity (Wildman–Crippen MR) is 48.8 cm³/mol. The molecule has 1 rings (SSSR count). The Morgan fingerprint density at radius 3 is 2.33 bits per heavy atom. The van der Waals surface area contributed by atoms with Crippen molar-refractivity contribution in [1.29, 1.82) is 0 Å². The second-order valence-electron chi connectivity index (χ2n) is 4.62. The second-order valence-corrected chi connectivity index (χ2v) is 4.62. The van der Waals surface area contributed by atoms with Crippen molar-refractivity contribution in [1.82, 2.24) is 0 Å². The third-order valence-corrected chi connectivity index (χ3v) is 3.81. The molecule has 2 heteroatoms. The van der Waals surface area contributed by atoms with Gasteiger partial charge in [0.15, 0.2) is 0 Å². The highest BCUT2D eigenvalue weighted by Gasteiger charge is 2.45. The normalized spacial score (nSPS) is 40.2. The Kier molecular flexibility index (Phi) is 2.79. The quantitative estimate of drug-likeness (QED) is 0.661. The Hall–Kier alpha value is -0.0800. The molecular formula is C10H20O2. The van der Waals surface area contributed by atoms with E-state index < -0.39 is 0 Å². The SMILES string of the molecule is C[C@@H]1[C@H](O)C[C@H](CCO)C1(C)C. The first-order valence-corrected chi connectivity index (χ1v) is 4.79. The Morgan fingerprint density at radius 2 is 2.00 bits per heavy atom. The number of hydrogen-bond acceptors (Lipinski definition) is 2. The first kappa shape index (κ1) is 10.0. The molecule has 0 radical (unpaired) electrons. The van der Waals surface area contributed by atoms with Crippen molar-refractivity contribution < 1.29 is 10.2 Å². The third-order valence-electron chi connectivity index (χ3n) is 3.81. The van der Waals surface area contributed by atoms with E-state index in [1.165, 1.54) is 0 Å². The molecule has 0 aliphatic heterocycles. The van der Waals surface area contributed by atoms with E-state index in [2.05, 4.69) is 20.8 Å². The first-order chi connectivity index (χ1) is 5.50. The van der Waals surface area contributed by atoms with Crippen LogP contribution in [0.1, 0.15) is 33.6 Å². The standard InChI is InChI=1S/C10H20O2/c1-7-9(12)6-8(4-5-11)10(7,2)3/h7-9,11-12H,4-6H2,1-3H3/t7-,8+,9-/m1/s1. The lowest BCUT2D eigenvalue weighted by molar-refractivity contribution is 0.0983. The zero-order valence-electron chi connectivity index (χ0n) is 8.25. The highest BCUT2D eigenvalue weighted by Crippen LogP contribution is 2.48. The molecule has 0 aromatic rings. The van der Waals surface area contributed by atoms with Gasteiger partial charge in [0, 0.05) is 6.61 Å². The van der Waals surface area contributed by atoms with Gasteiger partial charge in [0.1, 0.15) is 0 Å². The zero-order valence-corrected chi connectivity index (χ0v) is 8.25. The largest absolute Gasteiger partial charge is 0.396 e.